The molecule has 2 N–H and O–H groups in total. The first-order chi connectivity index (χ1) is 5.72. The number of hydrogen-bond acceptors (Lipinski definition) is 2. The predicted molar refractivity (Wildman–Crippen MR) is 51.7 cm³/mol. The van der Waals surface area contributed by atoms with Crippen molar-refractivity contribution < 1.29 is 5.11 Å². The quantitative estimate of drug-likeness (QED) is 0.380. The molecule has 1 atom stereocenters. The van der Waals surface area contributed by atoms with E-state index in [-0.39, 0.29) is 0 Å². The van der Waals surface area contributed by atoms with E-state index in [4.69, 9.17) is 13.0 Å². The molecule has 0 aliphatic rings. The third kappa shape index (κ3) is 2.44. The van der Waals surface area contributed by atoms with Crippen molar-refractivity contribution in [1.29, 1.82) is 0 Å². The highest BCUT2D eigenvalue weighted by Crippen LogP contribution is 2.04. The summed E-state index contributed by atoms with van der Waals surface area (Å²) in [5.74, 6) is 0. The highest BCUT2D eigenvalue weighted by molar-refractivity contribution is 6.32. The van der Waals surface area contributed by atoms with Crippen molar-refractivity contribution in [2.45, 2.75) is 6.23 Å². The Morgan fingerprint density at radius 1 is 1.58 bits per heavy atom. The summed E-state index contributed by atoms with van der Waals surface area (Å²) in [5.41, 5.74) is 1.44. The van der Waals surface area contributed by atoms with E-state index in [1.807, 2.05) is 12.1 Å². The van der Waals surface area contributed by atoms with Crippen molar-refractivity contribution in [1.82, 2.24) is 0 Å². The molecule has 0 saturated carbocycles. The minimum absolute atomic E-state index is 0.663. The van der Waals surface area contributed by atoms with Crippen LogP contribution in [0.5, 0.6) is 0 Å². The van der Waals surface area contributed by atoms with Gasteiger partial charge in [-0.25, -0.2) is 0 Å². The molecular formula is C9H10BNO. The Hall–Kier alpha value is -1.22. The zero-order valence-corrected chi connectivity index (χ0v) is 6.70. The fourth-order valence-electron chi connectivity index (χ4n) is 0.858. The van der Waals surface area contributed by atoms with Crippen molar-refractivity contribution in [2.24, 2.45) is 0 Å². The van der Waals surface area contributed by atoms with Gasteiger partial charge in [0.15, 0.2) is 0 Å². The second kappa shape index (κ2) is 3.97. The lowest BCUT2D eigenvalue weighted by atomic mass is 9.96. The molecule has 2 radical (unpaired) electrons. The predicted octanol–water partition coefficient (Wildman–Crippen LogP) is 0.397. The van der Waals surface area contributed by atoms with E-state index >= 15 is 0 Å². The summed E-state index contributed by atoms with van der Waals surface area (Å²) in [4.78, 5) is 0. The van der Waals surface area contributed by atoms with Crippen LogP contribution in [0.4, 0.5) is 5.69 Å². The van der Waals surface area contributed by atoms with Gasteiger partial charge in [0.1, 0.15) is 14.1 Å². The third-order valence-corrected chi connectivity index (χ3v) is 1.42. The lowest BCUT2D eigenvalue weighted by Crippen LogP contribution is -2.16. The first-order valence-electron chi connectivity index (χ1n) is 3.65. The van der Waals surface area contributed by atoms with Crippen LogP contribution < -0.4 is 10.8 Å². The van der Waals surface area contributed by atoms with E-state index < -0.39 is 6.23 Å². The molecule has 0 bridgehead atoms. The second-order valence-corrected chi connectivity index (χ2v) is 2.45. The van der Waals surface area contributed by atoms with Crippen molar-refractivity contribution in [3.05, 3.63) is 36.9 Å². The van der Waals surface area contributed by atoms with E-state index in [0.717, 1.165) is 5.69 Å². The maximum Gasteiger partial charge on any atom is 0.143 e. The summed E-state index contributed by atoms with van der Waals surface area (Å²) in [5, 5.41) is 11.9. The summed E-state index contributed by atoms with van der Waals surface area (Å²) in [6, 6.07) is 7.16. The molecule has 1 unspecified atom stereocenters. The maximum absolute atomic E-state index is 9.13. The van der Waals surface area contributed by atoms with Crippen LogP contribution >= 0.6 is 0 Å². The fourth-order valence-corrected chi connectivity index (χ4v) is 0.858. The molecule has 1 aromatic rings. The number of anilines is 1. The minimum Gasteiger partial charge on any atom is -0.370 e. The molecule has 1 aromatic carbocycles. The largest absolute Gasteiger partial charge is 0.370 e. The summed E-state index contributed by atoms with van der Waals surface area (Å²) >= 11 is 0. The molecule has 0 aromatic heterocycles. The van der Waals surface area contributed by atoms with E-state index in [0.29, 0.717) is 5.46 Å². The standard InChI is InChI=1S/C9H10BNO/c1-2-9(12)11-8-5-3-4-7(10)6-8/h2-6,9,11-12H,1H2. The molecule has 0 aliphatic heterocycles. The average molecular weight is 159 g/mol. The van der Waals surface area contributed by atoms with Gasteiger partial charge in [0.05, 0.1) is 0 Å². The van der Waals surface area contributed by atoms with Gasteiger partial charge in [-0.05, 0) is 18.2 Å². The van der Waals surface area contributed by atoms with Gasteiger partial charge in [0.25, 0.3) is 0 Å². The van der Waals surface area contributed by atoms with Crippen molar-refractivity contribution in [3.63, 3.8) is 0 Å². The van der Waals surface area contributed by atoms with Gasteiger partial charge in [-0.15, -0.1) is 0 Å². The van der Waals surface area contributed by atoms with Gasteiger partial charge >= 0.3 is 0 Å². The molecule has 60 valence electrons. The molecular weight excluding hydrogens is 149 g/mol. The molecule has 0 spiro atoms. The molecule has 0 amide bonds. The summed E-state index contributed by atoms with van der Waals surface area (Å²) in [6.45, 7) is 3.44. The molecule has 12 heavy (non-hydrogen) atoms. The zero-order valence-electron chi connectivity index (χ0n) is 6.70. The van der Waals surface area contributed by atoms with Gasteiger partial charge < -0.3 is 10.4 Å². The SMILES string of the molecule is [B]c1cccc(NC(O)C=C)c1. The molecule has 3 heteroatoms. The van der Waals surface area contributed by atoms with Crippen LogP contribution in [0.2, 0.25) is 0 Å². The Bertz CT molecular complexity index is 275. The maximum atomic E-state index is 9.13. The Kier molecular flexibility index (Phi) is 2.94. The van der Waals surface area contributed by atoms with E-state index in [1.165, 1.54) is 6.08 Å². The number of aliphatic hydroxyl groups excluding tert-OH is 1. The van der Waals surface area contributed by atoms with Gasteiger partial charge in [-0.1, -0.05) is 24.2 Å². The lowest BCUT2D eigenvalue weighted by molar-refractivity contribution is 0.253. The molecule has 0 aliphatic carbocycles. The van der Waals surface area contributed by atoms with Crippen LogP contribution in [0.3, 0.4) is 0 Å². The number of benzene rings is 1. The van der Waals surface area contributed by atoms with Gasteiger partial charge in [-0.2, -0.15) is 0 Å². The number of rotatable bonds is 3. The first kappa shape index (κ1) is 8.88. The zero-order chi connectivity index (χ0) is 8.97. The van der Waals surface area contributed by atoms with Crippen LogP contribution in [0.1, 0.15) is 0 Å². The van der Waals surface area contributed by atoms with Crippen LogP contribution in [-0.4, -0.2) is 19.2 Å². The average Bonchev–Trinajstić information content (AvgIpc) is 2.04. The van der Waals surface area contributed by atoms with Crippen LogP contribution in [0.15, 0.2) is 36.9 Å². The highest BCUT2D eigenvalue weighted by atomic mass is 16.3. The van der Waals surface area contributed by atoms with Crippen LogP contribution in [-0.2, 0) is 0 Å². The molecule has 0 saturated heterocycles. The molecule has 2 nitrogen and oxygen atoms in total. The van der Waals surface area contributed by atoms with E-state index in [9.17, 15) is 0 Å². The van der Waals surface area contributed by atoms with Crippen LogP contribution in [0, 0.1) is 0 Å². The van der Waals surface area contributed by atoms with Gasteiger partial charge in [0.2, 0.25) is 0 Å². The second-order valence-electron chi connectivity index (χ2n) is 2.45. The van der Waals surface area contributed by atoms with Crippen molar-refractivity contribution in [3.8, 4) is 0 Å². The van der Waals surface area contributed by atoms with Gasteiger partial charge in [-0.3, -0.25) is 0 Å². The Morgan fingerprint density at radius 3 is 2.92 bits per heavy atom. The molecule has 0 heterocycles. The Morgan fingerprint density at radius 2 is 2.33 bits per heavy atom. The summed E-state index contributed by atoms with van der Waals surface area (Å²) in [6.07, 6.45) is 0.676. The molecule has 1 rings (SSSR count). The number of hydrogen-bond donors (Lipinski definition) is 2. The Labute approximate surface area is 73.3 Å². The normalized spacial score (nSPS) is 12.1. The Balaban J connectivity index is 2.69. The number of nitrogens with one attached hydrogen (secondary N) is 1. The first-order valence-corrected chi connectivity index (χ1v) is 3.65. The topological polar surface area (TPSA) is 32.3 Å². The number of aliphatic hydroxyl groups is 1. The highest BCUT2D eigenvalue weighted by Gasteiger charge is 1.96. The minimum atomic E-state index is -0.730. The monoisotopic (exact) mass is 159 g/mol. The summed E-state index contributed by atoms with van der Waals surface area (Å²) in [7, 11) is 5.53. The summed E-state index contributed by atoms with van der Waals surface area (Å²) < 4.78 is 0. The van der Waals surface area contributed by atoms with Crippen molar-refractivity contribution >= 4 is 19.0 Å². The van der Waals surface area contributed by atoms with E-state index in [1.54, 1.807) is 12.1 Å². The fraction of sp³-hybridized carbons (Fsp3) is 0.111. The van der Waals surface area contributed by atoms with Crippen molar-refractivity contribution in [2.75, 3.05) is 5.32 Å². The van der Waals surface area contributed by atoms with Crippen LogP contribution in [0.25, 0.3) is 0 Å². The van der Waals surface area contributed by atoms with E-state index in [2.05, 4.69) is 11.9 Å². The molecule has 0 fully saturated rings. The van der Waals surface area contributed by atoms with Gasteiger partial charge in [0, 0.05) is 5.69 Å². The smallest absolute Gasteiger partial charge is 0.143 e. The lowest BCUT2D eigenvalue weighted by Gasteiger charge is -2.09. The third-order valence-electron chi connectivity index (χ3n) is 1.42.